The third-order valence-electron chi connectivity index (χ3n) is 5.98. The highest BCUT2D eigenvalue weighted by atomic mass is 79.9. The summed E-state index contributed by atoms with van der Waals surface area (Å²) in [4.78, 5) is 40.6. The van der Waals surface area contributed by atoms with Crippen molar-refractivity contribution in [2.45, 2.75) is 44.6 Å². The molecular formula is C24H34BrN7O3. The number of aromatic nitrogens is 3. The zero-order valence-electron chi connectivity index (χ0n) is 20.3. The van der Waals surface area contributed by atoms with E-state index >= 15 is 0 Å². The first-order valence-corrected chi connectivity index (χ1v) is 12.7. The lowest BCUT2D eigenvalue weighted by molar-refractivity contribution is -0.138. The molecule has 35 heavy (non-hydrogen) atoms. The highest BCUT2D eigenvalue weighted by Gasteiger charge is 2.21. The summed E-state index contributed by atoms with van der Waals surface area (Å²) >= 11 is 3.33. The number of unbranched alkanes of at least 4 members (excludes halogenated alkanes) is 1. The van der Waals surface area contributed by atoms with Gasteiger partial charge in [-0.15, -0.1) is 0 Å². The van der Waals surface area contributed by atoms with Crippen LogP contribution in [0.25, 0.3) is 0 Å². The number of aryl methyl sites for hydroxylation is 2. The van der Waals surface area contributed by atoms with Gasteiger partial charge in [0, 0.05) is 39.1 Å². The molecule has 3 heterocycles. The van der Waals surface area contributed by atoms with Gasteiger partial charge < -0.3 is 20.6 Å². The van der Waals surface area contributed by atoms with Crippen molar-refractivity contribution < 1.29 is 14.7 Å². The molecule has 0 spiro atoms. The Bertz CT molecular complexity index is 1000. The molecule has 2 aromatic rings. The van der Waals surface area contributed by atoms with Gasteiger partial charge >= 0.3 is 5.97 Å². The minimum atomic E-state index is -0.971. The molecular weight excluding hydrogens is 514 g/mol. The maximum atomic E-state index is 12.4. The standard InChI is InChI=1S/C24H34BrN7O3/c1-31(2)21(33)15-32(13-10-20(24(34)35)30-23-19(25)14-26-16-28-23)12-4-3-7-18-9-8-17-6-5-11-27-22(17)29-18/h8-9,14,16,20H,3-7,10-13,15H2,1-2H3,(H,27,29)(H,34,35)(H,26,28,30)/t20-/m0/s1. The number of rotatable bonds is 13. The molecule has 0 bridgehead atoms. The van der Waals surface area contributed by atoms with Crippen LogP contribution < -0.4 is 10.6 Å². The number of likely N-dealkylation sites (N-methyl/N-ethyl adjacent to an activating group) is 1. The number of halogens is 1. The zero-order chi connectivity index (χ0) is 25.2. The first kappa shape index (κ1) is 26.8. The molecule has 1 aliphatic rings. The zero-order valence-corrected chi connectivity index (χ0v) is 21.9. The first-order chi connectivity index (χ1) is 16.8. The average molecular weight is 548 g/mol. The smallest absolute Gasteiger partial charge is 0.326 e. The summed E-state index contributed by atoms with van der Waals surface area (Å²) in [5.74, 6) is 0.456. The SMILES string of the molecule is CN(C)C(=O)CN(CCCCc1ccc2c(n1)NCCC2)CC[C@H](Nc1ncncc1Br)C(=O)O. The Kier molecular flexibility index (Phi) is 10.2. The van der Waals surface area contributed by atoms with Gasteiger partial charge in [-0.25, -0.2) is 19.7 Å². The number of aliphatic carboxylic acids is 1. The molecule has 10 nitrogen and oxygen atoms in total. The van der Waals surface area contributed by atoms with Crippen molar-refractivity contribution in [3.8, 4) is 0 Å². The molecule has 0 aromatic carbocycles. The third kappa shape index (κ3) is 8.43. The topological polar surface area (TPSA) is 124 Å². The van der Waals surface area contributed by atoms with Gasteiger partial charge in [-0.1, -0.05) is 6.07 Å². The number of carboxylic acid groups (broad SMARTS) is 1. The summed E-state index contributed by atoms with van der Waals surface area (Å²) in [5, 5.41) is 16.0. The Balaban J connectivity index is 1.53. The van der Waals surface area contributed by atoms with Crippen LogP contribution in [0.4, 0.5) is 11.6 Å². The van der Waals surface area contributed by atoms with Crippen molar-refractivity contribution in [2.75, 3.05) is 50.9 Å². The lowest BCUT2D eigenvalue weighted by atomic mass is 10.1. The highest BCUT2D eigenvalue weighted by molar-refractivity contribution is 9.10. The van der Waals surface area contributed by atoms with Gasteiger partial charge in [-0.2, -0.15) is 0 Å². The quantitative estimate of drug-likeness (QED) is 0.324. The maximum Gasteiger partial charge on any atom is 0.326 e. The van der Waals surface area contributed by atoms with Crippen molar-refractivity contribution in [3.05, 3.63) is 40.4 Å². The van der Waals surface area contributed by atoms with Crippen molar-refractivity contribution in [1.29, 1.82) is 0 Å². The van der Waals surface area contributed by atoms with Crippen LogP contribution in [0.3, 0.4) is 0 Å². The molecule has 1 atom stereocenters. The maximum absolute atomic E-state index is 12.4. The number of fused-ring (bicyclic) bond motifs is 1. The van der Waals surface area contributed by atoms with E-state index in [9.17, 15) is 14.7 Å². The van der Waals surface area contributed by atoms with Gasteiger partial charge in [0.2, 0.25) is 5.91 Å². The molecule has 0 unspecified atom stereocenters. The van der Waals surface area contributed by atoms with E-state index in [1.54, 1.807) is 25.2 Å². The number of hydrogen-bond donors (Lipinski definition) is 3. The number of anilines is 2. The number of hydrogen-bond acceptors (Lipinski definition) is 8. The third-order valence-corrected chi connectivity index (χ3v) is 6.56. The van der Waals surface area contributed by atoms with Crippen LogP contribution in [-0.2, 0) is 22.4 Å². The van der Waals surface area contributed by atoms with Crippen molar-refractivity contribution in [1.82, 2.24) is 24.8 Å². The molecule has 0 saturated heterocycles. The second-order valence-corrected chi connectivity index (χ2v) is 9.76. The fourth-order valence-electron chi connectivity index (χ4n) is 3.91. The number of nitrogens with zero attached hydrogens (tertiary/aromatic N) is 5. The summed E-state index contributed by atoms with van der Waals surface area (Å²) in [6.07, 6.45) is 8.15. The van der Waals surface area contributed by atoms with Crippen molar-refractivity contribution in [2.24, 2.45) is 0 Å². The number of carbonyl (C=O) groups is 2. The summed E-state index contributed by atoms with van der Waals surface area (Å²) in [5.41, 5.74) is 2.35. The van der Waals surface area contributed by atoms with Gasteiger partial charge in [-0.3, -0.25) is 9.69 Å². The normalized spacial score (nSPS) is 13.6. The summed E-state index contributed by atoms with van der Waals surface area (Å²) in [6.45, 7) is 2.38. The molecule has 3 N–H and O–H groups in total. The predicted molar refractivity (Wildman–Crippen MR) is 139 cm³/mol. The highest BCUT2D eigenvalue weighted by Crippen LogP contribution is 2.21. The first-order valence-electron chi connectivity index (χ1n) is 11.9. The molecule has 2 aromatic heterocycles. The Morgan fingerprint density at radius 1 is 1.26 bits per heavy atom. The Morgan fingerprint density at radius 3 is 2.83 bits per heavy atom. The van der Waals surface area contributed by atoms with Gasteiger partial charge in [-0.05, 0) is 72.6 Å². The lowest BCUT2D eigenvalue weighted by Gasteiger charge is -2.25. The van der Waals surface area contributed by atoms with E-state index in [0.29, 0.717) is 29.8 Å². The Morgan fingerprint density at radius 2 is 2.09 bits per heavy atom. The van der Waals surface area contributed by atoms with Gasteiger partial charge in [0.05, 0.1) is 11.0 Å². The summed E-state index contributed by atoms with van der Waals surface area (Å²) in [6, 6.07) is 3.43. The number of amides is 1. The van der Waals surface area contributed by atoms with Crippen LogP contribution >= 0.6 is 15.9 Å². The van der Waals surface area contributed by atoms with Crippen LogP contribution in [0.5, 0.6) is 0 Å². The van der Waals surface area contributed by atoms with E-state index in [1.165, 1.54) is 11.9 Å². The van der Waals surface area contributed by atoms with Gasteiger partial charge in [0.1, 0.15) is 24.0 Å². The van der Waals surface area contributed by atoms with E-state index < -0.39 is 12.0 Å². The van der Waals surface area contributed by atoms with E-state index in [1.807, 2.05) is 4.90 Å². The van der Waals surface area contributed by atoms with E-state index in [2.05, 4.69) is 48.7 Å². The van der Waals surface area contributed by atoms with E-state index in [-0.39, 0.29) is 12.5 Å². The minimum absolute atomic E-state index is 0.00851. The summed E-state index contributed by atoms with van der Waals surface area (Å²) < 4.78 is 0.594. The number of nitrogens with one attached hydrogen (secondary N) is 2. The number of carboxylic acids is 1. The second-order valence-electron chi connectivity index (χ2n) is 8.91. The monoisotopic (exact) mass is 547 g/mol. The second kappa shape index (κ2) is 13.3. The van der Waals surface area contributed by atoms with Crippen molar-refractivity contribution in [3.63, 3.8) is 0 Å². The lowest BCUT2D eigenvalue weighted by Crippen LogP contribution is -2.40. The predicted octanol–water partition coefficient (Wildman–Crippen LogP) is 2.66. The van der Waals surface area contributed by atoms with Crippen LogP contribution in [-0.4, -0.2) is 88.1 Å². The van der Waals surface area contributed by atoms with Crippen LogP contribution in [0.15, 0.2) is 29.1 Å². The van der Waals surface area contributed by atoms with Gasteiger partial charge in [0.25, 0.3) is 0 Å². The van der Waals surface area contributed by atoms with Crippen molar-refractivity contribution >= 4 is 39.4 Å². The minimum Gasteiger partial charge on any atom is -0.480 e. The number of carbonyl (C=O) groups excluding carboxylic acids is 1. The Labute approximate surface area is 214 Å². The van der Waals surface area contributed by atoms with Crippen LogP contribution in [0, 0.1) is 0 Å². The van der Waals surface area contributed by atoms with Gasteiger partial charge in [0.15, 0.2) is 0 Å². The fraction of sp³-hybridized carbons (Fsp3) is 0.542. The molecule has 190 valence electrons. The Hall–Kier alpha value is -2.79. The molecule has 1 aliphatic heterocycles. The molecule has 0 fully saturated rings. The molecule has 3 rings (SSSR count). The van der Waals surface area contributed by atoms with Crippen LogP contribution in [0.1, 0.15) is 36.9 Å². The fourth-order valence-corrected chi connectivity index (χ4v) is 4.24. The van der Waals surface area contributed by atoms with Crippen LogP contribution in [0.2, 0.25) is 0 Å². The average Bonchev–Trinajstić information content (AvgIpc) is 2.84. The molecule has 11 heteroatoms. The summed E-state index contributed by atoms with van der Waals surface area (Å²) in [7, 11) is 3.45. The molecule has 1 amide bonds. The largest absolute Gasteiger partial charge is 0.480 e. The molecule has 0 saturated carbocycles. The van der Waals surface area contributed by atoms with E-state index in [4.69, 9.17) is 4.98 Å². The van der Waals surface area contributed by atoms with E-state index in [0.717, 1.165) is 50.2 Å². The number of pyridine rings is 1. The molecule has 0 aliphatic carbocycles. The molecule has 0 radical (unpaired) electrons.